The van der Waals surface area contributed by atoms with Gasteiger partial charge in [-0.05, 0) is 64.1 Å². The molecule has 0 spiro atoms. The molecule has 2 nitrogen and oxygen atoms in total. The van der Waals surface area contributed by atoms with E-state index in [-0.39, 0.29) is 6.10 Å². The normalized spacial score (nSPS) is 34.8. The fourth-order valence-electron chi connectivity index (χ4n) is 2.47. The second-order valence-corrected chi connectivity index (χ2v) is 4.60. The van der Waals surface area contributed by atoms with Gasteiger partial charge in [-0.3, -0.25) is 0 Å². The van der Waals surface area contributed by atoms with Crippen molar-refractivity contribution in [1.82, 2.24) is 4.90 Å². The molecule has 1 aliphatic heterocycles. The van der Waals surface area contributed by atoms with E-state index in [9.17, 15) is 5.11 Å². The number of likely N-dealkylation sites (tertiary alicyclic amines) is 1. The highest BCUT2D eigenvalue weighted by atomic mass is 16.3. The van der Waals surface area contributed by atoms with Crippen molar-refractivity contribution in [2.45, 2.75) is 44.6 Å². The molecule has 2 aliphatic rings. The lowest BCUT2D eigenvalue weighted by Crippen LogP contribution is -2.32. The molecular formula is C11H21NO. The maximum Gasteiger partial charge on any atom is 0.0568 e. The molecule has 1 saturated heterocycles. The fraction of sp³-hybridized carbons (Fsp3) is 1.00. The molecule has 0 aromatic carbocycles. The van der Waals surface area contributed by atoms with Crippen LogP contribution in [0.15, 0.2) is 0 Å². The summed E-state index contributed by atoms with van der Waals surface area (Å²) in [5.74, 6) is 0.641. The Morgan fingerprint density at radius 3 is 2.46 bits per heavy atom. The zero-order valence-corrected chi connectivity index (χ0v) is 8.41. The van der Waals surface area contributed by atoms with Crippen molar-refractivity contribution in [2.75, 3.05) is 19.6 Å². The molecule has 2 heteroatoms. The van der Waals surface area contributed by atoms with Crippen LogP contribution in [0.2, 0.25) is 0 Å². The smallest absolute Gasteiger partial charge is 0.0568 e. The molecule has 2 unspecified atom stereocenters. The van der Waals surface area contributed by atoms with E-state index < -0.39 is 0 Å². The zero-order valence-electron chi connectivity index (χ0n) is 8.41. The van der Waals surface area contributed by atoms with Crippen molar-refractivity contribution in [1.29, 1.82) is 0 Å². The Labute approximate surface area is 80.9 Å². The monoisotopic (exact) mass is 183 g/mol. The first kappa shape index (κ1) is 9.47. The maximum absolute atomic E-state index is 9.39. The Kier molecular flexibility index (Phi) is 3.23. The minimum absolute atomic E-state index is 0.0404. The molecule has 1 saturated carbocycles. The SMILES string of the molecule is OC1CCC1CCCN1CCCC1. The zero-order chi connectivity index (χ0) is 9.10. The highest BCUT2D eigenvalue weighted by Gasteiger charge is 2.28. The first-order valence-corrected chi connectivity index (χ1v) is 5.76. The summed E-state index contributed by atoms with van der Waals surface area (Å²) in [6.45, 7) is 3.89. The van der Waals surface area contributed by atoms with Crippen LogP contribution in [0.4, 0.5) is 0 Å². The van der Waals surface area contributed by atoms with Crippen LogP contribution in [0.3, 0.4) is 0 Å². The summed E-state index contributed by atoms with van der Waals surface area (Å²) in [5.41, 5.74) is 0. The van der Waals surface area contributed by atoms with E-state index in [1.54, 1.807) is 0 Å². The van der Waals surface area contributed by atoms with Crippen LogP contribution in [0.5, 0.6) is 0 Å². The highest BCUT2D eigenvalue weighted by Crippen LogP contribution is 2.31. The molecule has 0 aromatic heterocycles. The van der Waals surface area contributed by atoms with Gasteiger partial charge in [0.2, 0.25) is 0 Å². The third kappa shape index (κ3) is 2.44. The van der Waals surface area contributed by atoms with Gasteiger partial charge in [-0.1, -0.05) is 0 Å². The van der Waals surface area contributed by atoms with Crippen molar-refractivity contribution < 1.29 is 5.11 Å². The average molecular weight is 183 g/mol. The topological polar surface area (TPSA) is 23.5 Å². The van der Waals surface area contributed by atoms with E-state index in [4.69, 9.17) is 0 Å². The van der Waals surface area contributed by atoms with Gasteiger partial charge in [0.1, 0.15) is 0 Å². The highest BCUT2D eigenvalue weighted by molar-refractivity contribution is 4.80. The minimum Gasteiger partial charge on any atom is -0.393 e. The molecule has 76 valence electrons. The number of aliphatic hydroxyl groups is 1. The number of rotatable bonds is 4. The molecular weight excluding hydrogens is 162 g/mol. The quantitative estimate of drug-likeness (QED) is 0.716. The Morgan fingerprint density at radius 1 is 1.15 bits per heavy atom. The van der Waals surface area contributed by atoms with Gasteiger partial charge in [0, 0.05) is 0 Å². The minimum atomic E-state index is 0.0404. The van der Waals surface area contributed by atoms with Gasteiger partial charge in [-0.2, -0.15) is 0 Å². The Balaban J connectivity index is 1.53. The van der Waals surface area contributed by atoms with E-state index >= 15 is 0 Å². The first-order valence-electron chi connectivity index (χ1n) is 5.76. The number of hydrogen-bond acceptors (Lipinski definition) is 2. The van der Waals surface area contributed by atoms with Crippen LogP contribution in [-0.4, -0.2) is 35.7 Å². The molecule has 2 fully saturated rings. The molecule has 0 radical (unpaired) electrons. The molecule has 2 atom stereocenters. The molecule has 1 aliphatic carbocycles. The number of hydrogen-bond donors (Lipinski definition) is 1. The van der Waals surface area contributed by atoms with Gasteiger partial charge in [0.15, 0.2) is 0 Å². The Hall–Kier alpha value is -0.0800. The van der Waals surface area contributed by atoms with Crippen LogP contribution < -0.4 is 0 Å². The molecule has 0 bridgehead atoms. The summed E-state index contributed by atoms with van der Waals surface area (Å²) in [6.07, 6.45) is 7.69. The van der Waals surface area contributed by atoms with Crippen LogP contribution in [0, 0.1) is 5.92 Å². The Morgan fingerprint density at radius 2 is 1.92 bits per heavy atom. The summed E-state index contributed by atoms with van der Waals surface area (Å²) in [7, 11) is 0. The predicted octanol–water partition coefficient (Wildman–Crippen LogP) is 1.63. The third-order valence-electron chi connectivity index (χ3n) is 3.63. The largest absolute Gasteiger partial charge is 0.393 e. The number of nitrogens with zero attached hydrogens (tertiary/aromatic N) is 1. The van der Waals surface area contributed by atoms with E-state index in [1.165, 1.54) is 51.7 Å². The van der Waals surface area contributed by atoms with E-state index in [0.717, 1.165) is 6.42 Å². The van der Waals surface area contributed by atoms with Gasteiger partial charge < -0.3 is 10.0 Å². The van der Waals surface area contributed by atoms with Crippen molar-refractivity contribution in [3.63, 3.8) is 0 Å². The van der Waals surface area contributed by atoms with Crippen LogP contribution in [0.1, 0.15) is 38.5 Å². The summed E-state index contributed by atoms with van der Waals surface area (Å²) < 4.78 is 0. The fourth-order valence-corrected chi connectivity index (χ4v) is 2.47. The molecule has 13 heavy (non-hydrogen) atoms. The summed E-state index contributed by atoms with van der Waals surface area (Å²) in [4.78, 5) is 2.56. The second kappa shape index (κ2) is 4.43. The summed E-state index contributed by atoms with van der Waals surface area (Å²) >= 11 is 0. The molecule has 2 rings (SSSR count). The van der Waals surface area contributed by atoms with Crippen molar-refractivity contribution in [2.24, 2.45) is 5.92 Å². The van der Waals surface area contributed by atoms with Crippen LogP contribution in [-0.2, 0) is 0 Å². The van der Waals surface area contributed by atoms with Gasteiger partial charge >= 0.3 is 0 Å². The summed E-state index contributed by atoms with van der Waals surface area (Å²) in [5, 5.41) is 9.39. The maximum atomic E-state index is 9.39. The molecule has 0 amide bonds. The van der Waals surface area contributed by atoms with Crippen LogP contribution >= 0.6 is 0 Å². The molecule has 0 aromatic rings. The lowest BCUT2D eigenvalue weighted by atomic mass is 9.79. The van der Waals surface area contributed by atoms with Crippen molar-refractivity contribution >= 4 is 0 Å². The Bertz CT molecular complexity index is 152. The van der Waals surface area contributed by atoms with E-state index in [1.807, 2.05) is 0 Å². The molecule has 1 heterocycles. The number of aliphatic hydroxyl groups excluding tert-OH is 1. The third-order valence-corrected chi connectivity index (χ3v) is 3.63. The van der Waals surface area contributed by atoms with Gasteiger partial charge in [0.05, 0.1) is 6.10 Å². The predicted molar refractivity (Wildman–Crippen MR) is 53.6 cm³/mol. The van der Waals surface area contributed by atoms with Gasteiger partial charge in [0.25, 0.3) is 0 Å². The van der Waals surface area contributed by atoms with Crippen molar-refractivity contribution in [3.05, 3.63) is 0 Å². The van der Waals surface area contributed by atoms with E-state index in [0.29, 0.717) is 5.92 Å². The standard InChI is InChI=1S/C11H21NO/c13-11-6-5-10(11)4-3-9-12-7-1-2-8-12/h10-11,13H,1-9H2. The lowest BCUT2D eigenvalue weighted by Gasteiger charge is -2.32. The average Bonchev–Trinajstić information content (AvgIpc) is 2.62. The first-order chi connectivity index (χ1) is 6.36. The van der Waals surface area contributed by atoms with Crippen LogP contribution in [0.25, 0.3) is 0 Å². The van der Waals surface area contributed by atoms with Gasteiger partial charge in [-0.25, -0.2) is 0 Å². The molecule has 1 N–H and O–H groups in total. The summed E-state index contributed by atoms with van der Waals surface area (Å²) in [6, 6.07) is 0. The van der Waals surface area contributed by atoms with Gasteiger partial charge in [-0.15, -0.1) is 0 Å². The second-order valence-electron chi connectivity index (χ2n) is 4.60. The van der Waals surface area contributed by atoms with E-state index in [2.05, 4.69) is 4.90 Å². The lowest BCUT2D eigenvalue weighted by molar-refractivity contribution is 0.0174. The van der Waals surface area contributed by atoms with Crippen molar-refractivity contribution in [3.8, 4) is 0 Å².